The van der Waals surface area contributed by atoms with E-state index in [0.717, 1.165) is 0 Å². The Labute approximate surface area is 122 Å². The summed E-state index contributed by atoms with van der Waals surface area (Å²) in [6.07, 6.45) is 1.56. The maximum atomic E-state index is 11.9. The summed E-state index contributed by atoms with van der Waals surface area (Å²) in [4.78, 5) is 24.6. The summed E-state index contributed by atoms with van der Waals surface area (Å²) in [7, 11) is 4.39. The van der Waals surface area contributed by atoms with Gasteiger partial charge in [-0.25, -0.2) is 9.59 Å². The molecular weight excluding hydrogens is 276 g/mol. The van der Waals surface area contributed by atoms with E-state index in [1.165, 1.54) is 31.3 Å². The van der Waals surface area contributed by atoms with Crippen molar-refractivity contribution in [3.05, 3.63) is 30.4 Å². The molecule has 1 aromatic carbocycles. The summed E-state index contributed by atoms with van der Waals surface area (Å²) in [5.41, 5.74) is 0.0362. The summed E-state index contributed by atoms with van der Waals surface area (Å²) in [5.74, 6) is -0.589. The van der Waals surface area contributed by atoms with Gasteiger partial charge in [-0.1, -0.05) is 6.08 Å². The second-order valence-electron chi connectivity index (χ2n) is 4.16. The molecule has 0 heterocycles. The lowest BCUT2D eigenvalue weighted by Crippen LogP contribution is -2.31. The van der Waals surface area contributed by atoms with Gasteiger partial charge in [-0.05, 0) is 0 Å². The van der Waals surface area contributed by atoms with Crippen LogP contribution in [0.4, 0.5) is 10.5 Å². The van der Waals surface area contributed by atoms with Gasteiger partial charge >= 0.3 is 12.0 Å². The van der Waals surface area contributed by atoms with E-state index in [1.807, 2.05) is 0 Å². The molecule has 0 spiro atoms. The van der Waals surface area contributed by atoms with Crippen LogP contribution in [0.3, 0.4) is 0 Å². The molecule has 0 aliphatic carbocycles. The molecule has 21 heavy (non-hydrogen) atoms. The number of methoxy groups -OCH3 is 2. The van der Waals surface area contributed by atoms with Gasteiger partial charge < -0.3 is 24.8 Å². The Bertz CT molecular complexity index is 557. The van der Waals surface area contributed by atoms with Gasteiger partial charge in [0.25, 0.3) is 0 Å². The van der Waals surface area contributed by atoms with Gasteiger partial charge in [0.2, 0.25) is 0 Å². The quantitative estimate of drug-likeness (QED) is 0.784. The van der Waals surface area contributed by atoms with Gasteiger partial charge in [0.15, 0.2) is 11.5 Å². The molecule has 1 rings (SSSR count). The average molecular weight is 294 g/mol. The standard InChI is InChI=1S/C14H18N2O5/c1-5-6-16(2)14(19)15-10-8-12(21-4)11(20-3)7-9(10)13(17)18/h5,7-8H,1,6H2,2-4H3,(H,15,19)(H,17,18). The van der Waals surface area contributed by atoms with Crippen molar-refractivity contribution >= 4 is 17.7 Å². The van der Waals surface area contributed by atoms with Crippen LogP contribution in [0.15, 0.2) is 24.8 Å². The lowest BCUT2D eigenvalue weighted by atomic mass is 10.1. The Morgan fingerprint density at radius 3 is 2.38 bits per heavy atom. The van der Waals surface area contributed by atoms with E-state index in [-0.39, 0.29) is 17.0 Å². The van der Waals surface area contributed by atoms with E-state index in [9.17, 15) is 14.7 Å². The summed E-state index contributed by atoms with van der Waals surface area (Å²) in [6, 6.07) is 2.25. The van der Waals surface area contributed by atoms with E-state index >= 15 is 0 Å². The maximum absolute atomic E-state index is 11.9. The predicted octanol–water partition coefficient (Wildman–Crippen LogP) is 2.05. The van der Waals surface area contributed by atoms with Gasteiger partial charge in [0.1, 0.15) is 0 Å². The summed E-state index contributed by atoms with van der Waals surface area (Å²) in [5, 5.41) is 11.8. The van der Waals surface area contributed by atoms with Crippen molar-refractivity contribution in [3.63, 3.8) is 0 Å². The van der Waals surface area contributed by atoms with Gasteiger partial charge in [-0.15, -0.1) is 6.58 Å². The first-order chi connectivity index (χ1) is 9.94. The molecule has 0 saturated heterocycles. The number of hydrogen-bond donors (Lipinski definition) is 2. The zero-order valence-corrected chi connectivity index (χ0v) is 12.2. The largest absolute Gasteiger partial charge is 0.493 e. The van der Waals surface area contributed by atoms with Crippen molar-refractivity contribution in [1.29, 1.82) is 0 Å². The third kappa shape index (κ3) is 3.88. The van der Waals surface area contributed by atoms with Gasteiger partial charge in [-0.2, -0.15) is 0 Å². The lowest BCUT2D eigenvalue weighted by molar-refractivity contribution is 0.0697. The average Bonchev–Trinajstić information content (AvgIpc) is 2.46. The Morgan fingerprint density at radius 2 is 1.90 bits per heavy atom. The summed E-state index contributed by atoms with van der Waals surface area (Å²) < 4.78 is 10.2. The molecule has 0 aromatic heterocycles. The number of nitrogens with zero attached hydrogens (tertiary/aromatic N) is 1. The number of urea groups is 1. The second-order valence-corrected chi connectivity index (χ2v) is 4.16. The third-order valence-corrected chi connectivity index (χ3v) is 2.75. The first kappa shape index (κ1) is 16.4. The number of likely N-dealkylation sites (N-methyl/N-ethyl adjacent to an activating group) is 1. The maximum Gasteiger partial charge on any atom is 0.337 e. The highest BCUT2D eigenvalue weighted by Gasteiger charge is 2.18. The third-order valence-electron chi connectivity index (χ3n) is 2.75. The molecule has 0 aliphatic rings. The highest BCUT2D eigenvalue weighted by atomic mass is 16.5. The number of rotatable bonds is 6. The van der Waals surface area contributed by atoms with Crippen molar-refractivity contribution in [2.45, 2.75) is 0 Å². The van der Waals surface area contributed by atoms with Crippen molar-refractivity contribution in [1.82, 2.24) is 4.90 Å². The Kier molecular flexibility index (Phi) is 5.59. The van der Waals surface area contributed by atoms with Crippen LogP contribution in [0.2, 0.25) is 0 Å². The molecule has 0 aliphatic heterocycles. The zero-order valence-electron chi connectivity index (χ0n) is 12.2. The number of aromatic carboxylic acids is 1. The molecular formula is C14H18N2O5. The van der Waals surface area contributed by atoms with Crippen LogP contribution in [0.1, 0.15) is 10.4 Å². The number of ether oxygens (including phenoxy) is 2. The molecule has 0 radical (unpaired) electrons. The minimum absolute atomic E-state index is 0.0898. The fourth-order valence-electron chi connectivity index (χ4n) is 1.65. The van der Waals surface area contributed by atoms with Crippen molar-refractivity contribution in [3.8, 4) is 11.5 Å². The van der Waals surface area contributed by atoms with Gasteiger partial charge in [0, 0.05) is 25.7 Å². The molecule has 0 fully saturated rings. The Morgan fingerprint density at radius 1 is 1.33 bits per heavy atom. The minimum Gasteiger partial charge on any atom is -0.493 e. The normalized spacial score (nSPS) is 9.67. The molecule has 2 N–H and O–H groups in total. The molecule has 7 nitrogen and oxygen atoms in total. The number of nitrogens with one attached hydrogen (secondary N) is 1. The predicted molar refractivity (Wildman–Crippen MR) is 78.4 cm³/mol. The molecule has 1 aromatic rings. The number of carbonyl (C=O) groups is 2. The topological polar surface area (TPSA) is 88.1 Å². The van der Waals surface area contributed by atoms with E-state index in [2.05, 4.69) is 11.9 Å². The number of carboxylic acid groups (broad SMARTS) is 1. The van der Waals surface area contributed by atoms with E-state index in [1.54, 1.807) is 13.1 Å². The molecule has 7 heteroatoms. The minimum atomic E-state index is -1.18. The van der Waals surface area contributed by atoms with Crippen LogP contribution < -0.4 is 14.8 Å². The van der Waals surface area contributed by atoms with Crippen LogP contribution in [0, 0.1) is 0 Å². The van der Waals surface area contributed by atoms with Crippen LogP contribution in [-0.4, -0.2) is 49.8 Å². The zero-order chi connectivity index (χ0) is 16.0. The smallest absolute Gasteiger partial charge is 0.337 e. The number of carbonyl (C=O) groups excluding carboxylic acids is 1. The van der Waals surface area contributed by atoms with Crippen molar-refractivity contribution < 1.29 is 24.2 Å². The molecule has 0 unspecified atom stereocenters. The number of anilines is 1. The SMILES string of the molecule is C=CCN(C)C(=O)Nc1cc(OC)c(OC)cc1C(=O)O. The first-order valence-corrected chi connectivity index (χ1v) is 6.06. The van der Waals surface area contributed by atoms with E-state index in [0.29, 0.717) is 12.3 Å². The van der Waals surface area contributed by atoms with Crippen LogP contribution in [0.5, 0.6) is 11.5 Å². The highest BCUT2D eigenvalue weighted by molar-refractivity contribution is 6.01. The second kappa shape index (κ2) is 7.18. The summed E-state index contributed by atoms with van der Waals surface area (Å²) in [6.45, 7) is 3.87. The molecule has 0 atom stereocenters. The number of benzene rings is 1. The van der Waals surface area contributed by atoms with E-state index < -0.39 is 12.0 Å². The molecule has 0 bridgehead atoms. The first-order valence-electron chi connectivity index (χ1n) is 6.06. The van der Waals surface area contributed by atoms with Crippen LogP contribution >= 0.6 is 0 Å². The highest BCUT2D eigenvalue weighted by Crippen LogP contribution is 2.33. The van der Waals surface area contributed by atoms with Gasteiger partial charge in [-0.3, -0.25) is 0 Å². The fourth-order valence-corrected chi connectivity index (χ4v) is 1.65. The molecule has 114 valence electrons. The lowest BCUT2D eigenvalue weighted by Gasteiger charge is -2.18. The number of carboxylic acids is 1. The monoisotopic (exact) mass is 294 g/mol. The van der Waals surface area contributed by atoms with Gasteiger partial charge in [0.05, 0.1) is 25.5 Å². The van der Waals surface area contributed by atoms with Crippen molar-refractivity contribution in [2.75, 3.05) is 33.1 Å². The number of hydrogen-bond acceptors (Lipinski definition) is 4. The summed E-state index contributed by atoms with van der Waals surface area (Å²) >= 11 is 0. The number of amides is 2. The molecule has 0 saturated carbocycles. The fraction of sp³-hybridized carbons (Fsp3) is 0.286. The molecule has 2 amide bonds. The Hall–Kier alpha value is -2.70. The van der Waals surface area contributed by atoms with Crippen molar-refractivity contribution in [2.24, 2.45) is 0 Å². The van der Waals surface area contributed by atoms with Crippen LogP contribution in [0.25, 0.3) is 0 Å². The van der Waals surface area contributed by atoms with E-state index in [4.69, 9.17) is 9.47 Å². The Balaban J connectivity index is 3.18. The van der Waals surface area contributed by atoms with Crippen LogP contribution in [-0.2, 0) is 0 Å².